The summed E-state index contributed by atoms with van der Waals surface area (Å²) in [5, 5.41) is 13.1. The van der Waals surface area contributed by atoms with E-state index in [9.17, 15) is 19.1 Å². The summed E-state index contributed by atoms with van der Waals surface area (Å²) in [7, 11) is 0. The largest absolute Gasteiger partial charge is 0.507 e. The van der Waals surface area contributed by atoms with Crippen LogP contribution in [0.15, 0.2) is 42.5 Å². The fourth-order valence-corrected chi connectivity index (χ4v) is 3.69. The van der Waals surface area contributed by atoms with Gasteiger partial charge in [-0.15, -0.1) is 0 Å². The Bertz CT molecular complexity index is 907. The minimum Gasteiger partial charge on any atom is -0.507 e. The third kappa shape index (κ3) is 5.67. The van der Waals surface area contributed by atoms with E-state index < -0.39 is 29.1 Å². The van der Waals surface area contributed by atoms with Gasteiger partial charge in [0.05, 0.1) is 0 Å². The Morgan fingerprint density at radius 2 is 1.81 bits per heavy atom. The van der Waals surface area contributed by atoms with Crippen molar-refractivity contribution in [2.75, 3.05) is 13.1 Å². The number of carbonyl (C=O) groups is 2. The second-order valence-corrected chi connectivity index (χ2v) is 8.36. The van der Waals surface area contributed by atoms with Gasteiger partial charge in [0.1, 0.15) is 35.0 Å². The van der Waals surface area contributed by atoms with Gasteiger partial charge in [0.15, 0.2) is 0 Å². The highest BCUT2D eigenvalue weighted by molar-refractivity contribution is 6.30. The molecule has 6 nitrogen and oxygen atoms in total. The second-order valence-electron chi connectivity index (χ2n) is 7.93. The molecule has 1 aliphatic rings. The summed E-state index contributed by atoms with van der Waals surface area (Å²) < 4.78 is 20.0. The third-order valence-corrected chi connectivity index (χ3v) is 5.56. The number of nitrogens with one attached hydrogen (secondary N) is 1. The number of rotatable bonds is 6. The molecule has 0 radical (unpaired) electrons. The van der Waals surface area contributed by atoms with Crippen LogP contribution in [0.5, 0.6) is 11.5 Å². The van der Waals surface area contributed by atoms with Crippen LogP contribution in [0.2, 0.25) is 5.02 Å². The number of hydrogen-bond donors (Lipinski definition) is 2. The van der Waals surface area contributed by atoms with E-state index in [0.717, 1.165) is 11.8 Å². The van der Waals surface area contributed by atoms with Gasteiger partial charge in [-0.2, -0.15) is 0 Å². The molecular formula is C23H26ClFN2O4. The number of hydrogen-bond acceptors (Lipinski definition) is 4. The fourth-order valence-electron chi connectivity index (χ4n) is 3.56. The monoisotopic (exact) mass is 448 g/mol. The predicted molar refractivity (Wildman–Crippen MR) is 116 cm³/mol. The zero-order chi connectivity index (χ0) is 22.5. The average molecular weight is 449 g/mol. The molecule has 1 heterocycles. The minimum atomic E-state index is -0.840. The number of phenolic OH excluding ortho intramolecular Hbond substituents is 1. The number of phenols is 1. The Balaban J connectivity index is 1.60. The molecule has 2 N–H and O–H groups in total. The number of carbonyl (C=O) groups excluding carboxylic acids is 2. The molecule has 0 saturated carbocycles. The SMILES string of the molecule is CC(C)[C@H](NC(=O)c1c(O)cccc1F)C(=O)N1CCC(Oc2ccc(Cl)cc2)CC1. The molecule has 0 unspecified atom stereocenters. The van der Waals surface area contributed by atoms with E-state index in [-0.39, 0.29) is 17.9 Å². The van der Waals surface area contributed by atoms with Crippen molar-refractivity contribution >= 4 is 23.4 Å². The molecule has 0 aliphatic carbocycles. The number of amides is 2. The summed E-state index contributed by atoms with van der Waals surface area (Å²) in [5.41, 5.74) is -0.462. The van der Waals surface area contributed by atoms with Gasteiger partial charge in [0, 0.05) is 31.0 Å². The van der Waals surface area contributed by atoms with Crippen molar-refractivity contribution in [3.05, 3.63) is 58.9 Å². The van der Waals surface area contributed by atoms with Crippen LogP contribution >= 0.6 is 11.6 Å². The van der Waals surface area contributed by atoms with Crippen LogP contribution < -0.4 is 10.1 Å². The normalized spacial score (nSPS) is 15.6. The van der Waals surface area contributed by atoms with Gasteiger partial charge in [-0.05, 0) is 42.3 Å². The molecule has 31 heavy (non-hydrogen) atoms. The second kappa shape index (κ2) is 10.0. The summed E-state index contributed by atoms with van der Waals surface area (Å²) in [5.74, 6) is -1.84. The van der Waals surface area contributed by atoms with Gasteiger partial charge in [0.2, 0.25) is 5.91 Å². The lowest BCUT2D eigenvalue weighted by Gasteiger charge is -2.35. The molecule has 8 heteroatoms. The van der Waals surface area contributed by atoms with E-state index in [4.69, 9.17) is 16.3 Å². The topological polar surface area (TPSA) is 78.9 Å². The summed E-state index contributed by atoms with van der Waals surface area (Å²) >= 11 is 5.89. The Morgan fingerprint density at radius 1 is 1.16 bits per heavy atom. The Kier molecular flexibility index (Phi) is 7.38. The highest BCUT2D eigenvalue weighted by Crippen LogP contribution is 2.23. The van der Waals surface area contributed by atoms with Gasteiger partial charge < -0.3 is 20.1 Å². The first-order chi connectivity index (χ1) is 14.8. The molecule has 3 rings (SSSR count). The first-order valence-corrected chi connectivity index (χ1v) is 10.6. The maximum Gasteiger partial charge on any atom is 0.258 e. The van der Waals surface area contributed by atoms with Gasteiger partial charge >= 0.3 is 0 Å². The van der Waals surface area contributed by atoms with E-state index >= 15 is 0 Å². The van der Waals surface area contributed by atoms with Crippen LogP contribution in [0.3, 0.4) is 0 Å². The number of aromatic hydroxyl groups is 1. The lowest BCUT2D eigenvalue weighted by atomic mass is 9.99. The van der Waals surface area contributed by atoms with Gasteiger partial charge in [-0.1, -0.05) is 31.5 Å². The molecule has 2 aromatic rings. The predicted octanol–water partition coefficient (Wildman–Crippen LogP) is 4.01. The van der Waals surface area contributed by atoms with Crippen molar-refractivity contribution in [2.45, 2.75) is 38.8 Å². The van der Waals surface area contributed by atoms with Crippen molar-refractivity contribution in [1.29, 1.82) is 0 Å². The van der Waals surface area contributed by atoms with Gasteiger partial charge in [-0.25, -0.2) is 4.39 Å². The van der Waals surface area contributed by atoms with Crippen LogP contribution in [-0.4, -0.2) is 47.1 Å². The van der Waals surface area contributed by atoms with Crippen molar-refractivity contribution < 1.29 is 23.8 Å². The molecular weight excluding hydrogens is 423 g/mol. The summed E-state index contributed by atoms with van der Waals surface area (Å²) in [6.07, 6.45) is 1.29. The number of likely N-dealkylation sites (tertiary alicyclic amines) is 1. The Labute approximate surface area is 186 Å². The first kappa shape index (κ1) is 22.9. The van der Waals surface area contributed by atoms with E-state index in [2.05, 4.69) is 5.32 Å². The molecule has 1 atom stereocenters. The molecule has 2 aromatic carbocycles. The standard InChI is InChI=1S/C23H26ClFN2O4/c1-14(2)21(26-22(29)20-18(25)4-3-5-19(20)28)23(30)27-12-10-17(11-13-27)31-16-8-6-15(24)7-9-16/h3-9,14,17,21,28H,10-13H2,1-2H3,(H,26,29)/t21-/m0/s1. The van der Waals surface area contributed by atoms with Crippen LogP contribution in [0, 0.1) is 11.7 Å². The molecule has 2 amide bonds. The molecule has 0 spiro atoms. The highest BCUT2D eigenvalue weighted by Gasteiger charge is 2.32. The first-order valence-electron chi connectivity index (χ1n) is 10.3. The maximum atomic E-state index is 14.0. The number of halogens is 2. The average Bonchev–Trinajstić information content (AvgIpc) is 2.73. The van der Waals surface area contributed by atoms with E-state index in [1.807, 2.05) is 12.1 Å². The molecule has 1 fully saturated rings. The maximum absolute atomic E-state index is 14.0. The molecule has 1 saturated heterocycles. The van der Waals surface area contributed by atoms with Crippen LogP contribution in [0.4, 0.5) is 4.39 Å². The van der Waals surface area contributed by atoms with Crippen LogP contribution in [0.1, 0.15) is 37.0 Å². The third-order valence-electron chi connectivity index (χ3n) is 5.31. The van der Waals surface area contributed by atoms with Crippen LogP contribution in [0.25, 0.3) is 0 Å². The van der Waals surface area contributed by atoms with Crippen molar-refractivity contribution in [1.82, 2.24) is 10.2 Å². The minimum absolute atomic E-state index is 0.0207. The Morgan fingerprint density at radius 3 is 2.39 bits per heavy atom. The van der Waals surface area contributed by atoms with Crippen molar-refractivity contribution in [2.24, 2.45) is 5.92 Å². The summed E-state index contributed by atoms with van der Waals surface area (Å²) in [6, 6.07) is 9.94. The Hall–Kier alpha value is -2.80. The molecule has 0 aromatic heterocycles. The lowest BCUT2D eigenvalue weighted by molar-refractivity contribution is -0.136. The quantitative estimate of drug-likeness (QED) is 0.699. The highest BCUT2D eigenvalue weighted by atomic mass is 35.5. The smallest absolute Gasteiger partial charge is 0.258 e. The molecule has 1 aliphatic heterocycles. The number of ether oxygens (including phenoxy) is 1. The lowest BCUT2D eigenvalue weighted by Crippen LogP contribution is -2.53. The number of piperidine rings is 1. The van der Waals surface area contributed by atoms with Gasteiger partial charge in [-0.3, -0.25) is 9.59 Å². The summed E-state index contributed by atoms with van der Waals surface area (Å²) in [6.45, 7) is 4.59. The zero-order valence-electron chi connectivity index (χ0n) is 17.5. The van der Waals surface area contributed by atoms with E-state index in [0.29, 0.717) is 31.0 Å². The number of benzene rings is 2. The van der Waals surface area contributed by atoms with Crippen LogP contribution in [-0.2, 0) is 4.79 Å². The number of nitrogens with zero attached hydrogens (tertiary/aromatic N) is 1. The zero-order valence-corrected chi connectivity index (χ0v) is 18.2. The van der Waals surface area contributed by atoms with Crippen molar-refractivity contribution in [3.63, 3.8) is 0 Å². The molecule has 166 valence electrons. The van der Waals surface area contributed by atoms with Crippen molar-refractivity contribution in [3.8, 4) is 11.5 Å². The van der Waals surface area contributed by atoms with Gasteiger partial charge in [0.25, 0.3) is 5.91 Å². The summed E-state index contributed by atoms with van der Waals surface area (Å²) in [4.78, 5) is 27.3. The molecule has 0 bridgehead atoms. The van der Waals surface area contributed by atoms with E-state index in [1.165, 1.54) is 12.1 Å². The fraction of sp³-hybridized carbons (Fsp3) is 0.391. The van der Waals surface area contributed by atoms with E-state index in [1.54, 1.807) is 30.9 Å².